The SMILES string of the molecule is CCC(C)C(NC(=O)OC)C(=O)N1[C@@H](C)CC[C@H]1C(=O)OCC(=O)c1ccc2c(c1)COc1cc3c(cc1-2)CCC([C@]1(C(=O)O)CC[C@H](C)N1C(=O)OC(C)(C)C)C3=O. The van der Waals surface area contributed by atoms with Gasteiger partial charge < -0.3 is 34.3 Å². The molecule has 318 valence electrons. The second-order valence-electron chi connectivity index (χ2n) is 17.3. The smallest absolute Gasteiger partial charge is 0.411 e. The molecule has 7 atom stereocenters. The Morgan fingerprint density at radius 2 is 1.69 bits per heavy atom. The summed E-state index contributed by atoms with van der Waals surface area (Å²) in [7, 11) is 1.21. The number of hydrogen-bond donors (Lipinski definition) is 2. The van der Waals surface area contributed by atoms with Gasteiger partial charge in [-0.2, -0.15) is 0 Å². The molecule has 0 saturated carbocycles. The molecule has 2 N–H and O–H groups in total. The Labute approximate surface area is 344 Å². The minimum atomic E-state index is -1.76. The average Bonchev–Trinajstić information content (AvgIpc) is 3.76. The number of likely N-dealkylation sites (tertiary alicyclic amines) is 2. The first-order valence-corrected chi connectivity index (χ1v) is 20.4. The van der Waals surface area contributed by atoms with E-state index in [2.05, 4.69) is 5.32 Å². The van der Waals surface area contributed by atoms with Gasteiger partial charge in [-0.1, -0.05) is 32.4 Å². The number of ketones is 2. The number of ether oxygens (including phenoxy) is 4. The number of aliphatic carboxylic acids is 1. The monoisotopic (exact) mass is 817 g/mol. The number of carbonyl (C=O) groups excluding carboxylic acids is 6. The average molecular weight is 818 g/mol. The van der Waals surface area contributed by atoms with Crippen molar-refractivity contribution in [1.82, 2.24) is 15.1 Å². The van der Waals surface area contributed by atoms with Crippen molar-refractivity contribution in [2.45, 2.75) is 135 Å². The topological polar surface area (TPSA) is 195 Å². The highest BCUT2D eigenvalue weighted by molar-refractivity contribution is 6.06. The molecule has 1 aliphatic carbocycles. The van der Waals surface area contributed by atoms with E-state index in [-0.39, 0.29) is 37.2 Å². The number of amides is 3. The van der Waals surface area contributed by atoms with Crippen LogP contribution in [0.3, 0.4) is 0 Å². The zero-order chi connectivity index (χ0) is 43.1. The minimum absolute atomic E-state index is 0.0800. The van der Waals surface area contributed by atoms with Crippen LogP contribution in [-0.4, -0.2) is 106 Å². The van der Waals surface area contributed by atoms with Crippen molar-refractivity contribution in [3.63, 3.8) is 0 Å². The Balaban J connectivity index is 1.16. The van der Waals surface area contributed by atoms with Crippen LogP contribution in [0.1, 0.15) is 119 Å². The number of hydrogen-bond acceptors (Lipinski definition) is 11. The van der Waals surface area contributed by atoms with Crippen LogP contribution in [0.5, 0.6) is 5.75 Å². The van der Waals surface area contributed by atoms with Crippen LogP contribution in [0.4, 0.5) is 9.59 Å². The van der Waals surface area contributed by atoms with Crippen molar-refractivity contribution >= 4 is 41.6 Å². The Bertz CT molecular complexity index is 2060. The van der Waals surface area contributed by atoms with Crippen molar-refractivity contribution in [3.8, 4) is 16.9 Å². The molecular weight excluding hydrogens is 762 g/mol. The molecule has 0 radical (unpaired) electrons. The van der Waals surface area contributed by atoms with Gasteiger partial charge in [0.05, 0.1) is 13.0 Å². The van der Waals surface area contributed by atoms with Crippen LogP contribution < -0.4 is 10.1 Å². The van der Waals surface area contributed by atoms with E-state index in [0.717, 1.165) is 16.7 Å². The fourth-order valence-electron chi connectivity index (χ4n) is 9.13. The predicted octanol–water partition coefficient (Wildman–Crippen LogP) is 6.11. The maximum atomic E-state index is 14.3. The fraction of sp³-hybridized carbons (Fsp3) is 0.568. The van der Waals surface area contributed by atoms with E-state index in [1.807, 2.05) is 26.8 Å². The zero-order valence-electron chi connectivity index (χ0n) is 35.0. The second-order valence-corrected chi connectivity index (χ2v) is 17.3. The summed E-state index contributed by atoms with van der Waals surface area (Å²) < 4.78 is 22.0. The molecule has 2 saturated heterocycles. The van der Waals surface area contributed by atoms with Crippen LogP contribution >= 0.6 is 0 Å². The summed E-state index contributed by atoms with van der Waals surface area (Å²) in [6.07, 6.45) is 1.13. The van der Waals surface area contributed by atoms with Crippen LogP contribution in [-0.2, 0) is 41.6 Å². The molecule has 0 bridgehead atoms. The van der Waals surface area contributed by atoms with E-state index in [1.54, 1.807) is 52.0 Å². The molecule has 2 fully saturated rings. The van der Waals surface area contributed by atoms with Crippen molar-refractivity contribution in [2.24, 2.45) is 11.8 Å². The quantitative estimate of drug-likeness (QED) is 0.159. The summed E-state index contributed by atoms with van der Waals surface area (Å²) in [4.78, 5) is 96.1. The molecule has 3 heterocycles. The van der Waals surface area contributed by atoms with Crippen LogP contribution in [0, 0.1) is 11.8 Å². The zero-order valence-corrected chi connectivity index (χ0v) is 35.0. The van der Waals surface area contributed by atoms with Crippen molar-refractivity contribution in [3.05, 3.63) is 52.6 Å². The van der Waals surface area contributed by atoms with Gasteiger partial charge in [0, 0.05) is 28.8 Å². The molecule has 59 heavy (non-hydrogen) atoms. The number of alkyl carbamates (subject to hydrolysis) is 1. The summed E-state index contributed by atoms with van der Waals surface area (Å²) in [6, 6.07) is 6.08. The first-order valence-electron chi connectivity index (χ1n) is 20.4. The number of methoxy groups -OCH3 is 1. The predicted molar refractivity (Wildman–Crippen MR) is 213 cm³/mol. The van der Waals surface area contributed by atoms with Gasteiger partial charge in [0.2, 0.25) is 5.91 Å². The molecule has 15 heteroatoms. The van der Waals surface area contributed by atoms with E-state index >= 15 is 0 Å². The number of carboxylic acid groups (broad SMARTS) is 1. The highest BCUT2D eigenvalue weighted by atomic mass is 16.6. The first kappa shape index (κ1) is 43.1. The van der Waals surface area contributed by atoms with E-state index in [1.165, 1.54) is 16.9 Å². The van der Waals surface area contributed by atoms with Crippen LogP contribution in [0.25, 0.3) is 11.1 Å². The minimum Gasteiger partial charge on any atom is -0.488 e. The third kappa shape index (κ3) is 8.12. The van der Waals surface area contributed by atoms with Gasteiger partial charge in [-0.25, -0.2) is 19.2 Å². The Kier molecular flexibility index (Phi) is 12.2. The molecular formula is C44H55N3O12. The van der Waals surface area contributed by atoms with Crippen molar-refractivity contribution in [1.29, 1.82) is 0 Å². The maximum absolute atomic E-state index is 14.3. The third-order valence-electron chi connectivity index (χ3n) is 12.4. The van der Waals surface area contributed by atoms with E-state index in [0.29, 0.717) is 54.5 Å². The highest BCUT2D eigenvalue weighted by Crippen LogP contribution is 2.48. The van der Waals surface area contributed by atoms with E-state index in [9.17, 15) is 38.7 Å². The Morgan fingerprint density at radius 1 is 0.966 bits per heavy atom. The number of aryl methyl sites for hydroxylation is 1. The van der Waals surface area contributed by atoms with Crippen LogP contribution in [0.2, 0.25) is 0 Å². The lowest BCUT2D eigenvalue weighted by Gasteiger charge is -2.43. The van der Waals surface area contributed by atoms with Gasteiger partial charge in [0.15, 0.2) is 23.7 Å². The number of carboxylic acids is 1. The number of fused-ring (bicyclic) bond motifs is 4. The highest BCUT2D eigenvalue weighted by Gasteiger charge is 2.61. The molecule has 3 amide bonds. The molecule has 3 unspecified atom stereocenters. The largest absolute Gasteiger partial charge is 0.488 e. The molecule has 15 nitrogen and oxygen atoms in total. The molecule has 6 rings (SSSR count). The molecule has 3 aliphatic heterocycles. The second kappa shape index (κ2) is 16.6. The first-order chi connectivity index (χ1) is 27.8. The van der Waals surface area contributed by atoms with Crippen molar-refractivity contribution in [2.75, 3.05) is 13.7 Å². The van der Waals surface area contributed by atoms with Gasteiger partial charge in [-0.05, 0) is 114 Å². The van der Waals surface area contributed by atoms with Gasteiger partial charge in [-0.15, -0.1) is 0 Å². The van der Waals surface area contributed by atoms with Gasteiger partial charge in [0.1, 0.15) is 30.0 Å². The summed E-state index contributed by atoms with van der Waals surface area (Å²) in [5.41, 5.74) is 0.992. The lowest BCUT2D eigenvalue weighted by Crippen LogP contribution is -2.62. The molecule has 2 aromatic carbocycles. The summed E-state index contributed by atoms with van der Waals surface area (Å²) in [5.74, 6) is -3.95. The number of nitrogens with zero attached hydrogens (tertiary/aromatic N) is 2. The number of rotatable bonds is 10. The molecule has 4 aliphatic rings. The van der Waals surface area contributed by atoms with Crippen molar-refractivity contribution < 1.29 is 57.6 Å². The Morgan fingerprint density at radius 3 is 2.36 bits per heavy atom. The normalized spacial score (nSPS) is 24.4. The lowest BCUT2D eigenvalue weighted by atomic mass is 9.70. The third-order valence-corrected chi connectivity index (χ3v) is 12.4. The summed E-state index contributed by atoms with van der Waals surface area (Å²) >= 11 is 0. The van der Waals surface area contributed by atoms with Gasteiger partial charge in [0.25, 0.3) is 0 Å². The van der Waals surface area contributed by atoms with E-state index < -0.39 is 77.6 Å². The van der Waals surface area contributed by atoms with Gasteiger partial charge in [-0.3, -0.25) is 19.3 Å². The number of carbonyl (C=O) groups is 7. The standard InChI is InChI=1S/C44H55N3O12/c1-9-23(2)36(45-41(54)56-8)38(50)46-24(3)10-15-33(46)39(51)58-22-34(48)27-11-13-29-28(18-27)21-57-35-20-30-26(19-31(29)35)12-14-32(37(30)49)44(40(52)53)17-16-25(4)47(44)42(55)59-43(5,6)7/h11,13,18-20,23-25,32-33,36H,9-10,12,14-17,21-22H2,1-8H3,(H,45,54)(H,52,53)/t23?,24-,25-,32?,33-,36?,44-/m0/s1. The molecule has 2 aromatic rings. The summed E-state index contributed by atoms with van der Waals surface area (Å²) in [5, 5.41) is 13.3. The fourth-order valence-corrected chi connectivity index (χ4v) is 9.13. The van der Waals surface area contributed by atoms with Gasteiger partial charge >= 0.3 is 24.1 Å². The van der Waals surface area contributed by atoms with Crippen LogP contribution in [0.15, 0.2) is 30.3 Å². The number of nitrogens with one attached hydrogen (secondary N) is 1. The number of Topliss-reactive ketones (excluding diaryl/α,β-unsaturated/α-hetero) is 2. The maximum Gasteiger partial charge on any atom is 0.411 e. The molecule has 0 spiro atoms. The number of esters is 1. The Hall–Kier alpha value is -5.47. The summed E-state index contributed by atoms with van der Waals surface area (Å²) in [6.45, 7) is 12.0. The lowest BCUT2D eigenvalue weighted by molar-refractivity contribution is -0.154. The number of benzene rings is 2. The van der Waals surface area contributed by atoms with E-state index in [4.69, 9.17) is 18.9 Å². The molecule has 0 aromatic heterocycles.